The van der Waals surface area contributed by atoms with E-state index >= 15 is 0 Å². The first-order chi connectivity index (χ1) is 10.4. The summed E-state index contributed by atoms with van der Waals surface area (Å²) < 4.78 is 24.1. The van der Waals surface area contributed by atoms with Gasteiger partial charge in [0.25, 0.3) is 0 Å². The van der Waals surface area contributed by atoms with Gasteiger partial charge < -0.3 is 10.2 Å². The van der Waals surface area contributed by atoms with E-state index in [9.17, 15) is 13.2 Å². The van der Waals surface area contributed by atoms with Crippen molar-refractivity contribution < 1.29 is 13.2 Å². The van der Waals surface area contributed by atoms with Crippen LogP contribution in [0.15, 0.2) is 0 Å². The molecule has 2 aliphatic rings. The second-order valence-electron chi connectivity index (χ2n) is 6.69. The zero-order chi connectivity index (χ0) is 16.0. The van der Waals surface area contributed by atoms with Gasteiger partial charge in [-0.05, 0) is 38.1 Å². The van der Waals surface area contributed by atoms with Gasteiger partial charge >= 0.3 is 0 Å². The van der Waals surface area contributed by atoms with Crippen LogP contribution in [0.2, 0.25) is 0 Å². The highest BCUT2D eigenvalue weighted by Gasteiger charge is 2.27. The van der Waals surface area contributed by atoms with Crippen molar-refractivity contribution in [2.75, 3.05) is 32.4 Å². The number of carbonyl (C=O) groups excluding carboxylic acids is 1. The van der Waals surface area contributed by atoms with Crippen LogP contribution in [0.25, 0.3) is 0 Å². The molecule has 128 valence electrons. The Hall–Kier alpha value is -0.660. The highest BCUT2D eigenvalue weighted by Crippen LogP contribution is 2.26. The van der Waals surface area contributed by atoms with Gasteiger partial charge in [-0.3, -0.25) is 4.79 Å². The molecular weight excluding hydrogens is 302 g/mol. The molecule has 2 rings (SSSR count). The minimum Gasteiger partial charge on any atom is -0.355 e. The monoisotopic (exact) mass is 331 g/mol. The van der Waals surface area contributed by atoms with Crippen molar-refractivity contribution in [3.05, 3.63) is 0 Å². The lowest BCUT2D eigenvalue weighted by Gasteiger charge is -2.40. The summed E-state index contributed by atoms with van der Waals surface area (Å²) in [7, 11) is -3.30. The second-order valence-corrected chi connectivity index (χ2v) is 8.53. The molecule has 0 aromatic heterocycles. The lowest BCUT2D eigenvalue weighted by molar-refractivity contribution is -0.120. The van der Waals surface area contributed by atoms with E-state index < -0.39 is 10.0 Å². The fourth-order valence-electron chi connectivity index (χ4n) is 3.56. The fraction of sp³-hybridized carbons (Fsp3) is 0.933. The lowest BCUT2D eigenvalue weighted by atomic mass is 9.90. The van der Waals surface area contributed by atoms with Gasteiger partial charge in [0.2, 0.25) is 15.9 Å². The molecule has 1 saturated heterocycles. The topological polar surface area (TPSA) is 78.5 Å². The van der Waals surface area contributed by atoms with Crippen LogP contribution in [0.5, 0.6) is 0 Å². The molecule has 0 aromatic carbocycles. The number of nitrogens with zero attached hydrogens (tertiary/aromatic N) is 1. The summed E-state index contributed by atoms with van der Waals surface area (Å²) >= 11 is 0. The van der Waals surface area contributed by atoms with E-state index in [1.165, 1.54) is 45.1 Å². The molecule has 0 spiro atoms. The first-order valence-corrected chi connectivity index (χ1v) is 10.3. The molecule has 1 aliphatic heterocycles. The fourth-order valence-corrected chi connectivity index (χ4v) is 3.95. The maximum absolute atomic E-state index is 11.7. The van der Waals surface area contributed by atoms with E-state index in [-0.39, 0.29) is 12.5 Å². The molecule has 22 heavy (non-hydrogen) atoms. The predicted molar refractivity (Wildman–Crippen MR) is 87.0 cm³/mol. The third-order valence-corrected chi connectivity index (χ3v) is 5.39. The Balaban J connectivity index is 1.70. The Morgan fingerprint density at radius 1 is 1.14 bits per heavy atom. The molecule has 1 atom stereocenters. The maximum atomic E-state index is 11.7. The van der Waals surface area contributed by atoms with Gasteiger partial charge in [0, 0.05) is 19.1 Å². The zero-order valence-electron chi connectivity index (χ0n) is 13.5. The molecule has 1 amide bonds. The molecule has 2 N–H and O–H groups in total. The van der Waals surface area contributed by atoms with E-state index in [0.717, 1.165) is 25.3 Å². The van der Waals surface area contributed by atoms with E-state index in [0.29, 0.717) is 12.5 Å². The third kappa shape index (κ3) is 6.22. The SMILES string of the molecule is CS(=O)(=O)NCC(=O)NC[C@H]1CCCN(C2CCCCC2)C1. The van der Waals surface area contributed by atoms with Crippen LogP contribution in [0, 0.1) is 5.92 Å². The summed E-state index contributed by atoms with van der Waals surface area (Å²) in [4.78, 5) is 14.3. The summed E-state index contributed by atoms with van der Waals surface area (Å²) in [6, 6.07) is 0.735. The number of sulfonamides is 1. The minimum absolute atomic E-state index is 0.169. The van der Waals surface area contributed by atoms with Crippen molar-refractivity contribution in [1.29, 1.82) is 0 Å². The number of amides is 1. The molecule has 6 nitrogen and oxygen atoms in total. The Kier molecular flexibility index (Phi) is 6.65. The first kappa shape index (κ1) is 17.7. The van der Waals surface area contributed by atoms with Gasteiger partial charge in [0.1, 0.15) is 0 Å². The number of likely N-dealkylation sites (tertiary alicyclic amines) is 1. The van der Waals surface area contributed by atoms with Crippen molar-refractivity contribution >= 4 is 15.9 Å². The molecule has 2 fully saturated rings. The van der Waals surface area contributed by atoms with Crippen LogP contribution < -0.4 is 10.0 Å². The number of nitrogens with one attached hydrogen (secondary N) is 2. The zero-order valence-corrected chi connectivity index (χ0v) is 14.3. The Bertz CT molecular complexity index is 461. The Morgan fingerprint density at radius 3 is 2.55 bits per heavy atom. The van der Waals surface area contributed by atoms with E-state index in [4.69, 9.17) is 0 Å². The molecular formula is C15H29N3O3S. The summed E-state index contributed by atoms with van der Waals surface area (Å²) in [5.41, 5.74) is 0. The quantitative estimate of drug-likeness (QED) is 0.751. The van der Waals surface area contributed by atoms with Gasteiger partial charge in [-0.1, -0.05) is 19.3 Å². The van der Waals surface area contributed by atoms with Gasteiger partial charge in [-0.25, -0.2) is 13.1 Å². The van der Waals surface area contributed by atoms with Crippen molar-refractivity contribution in [2.45, 2.75) is 51.0 Å². The van der Waals surface area contributed by atoms with Crippen molar-refractivity contribution in [3.8, 4) is 0 Å². The summed E-state index contributed by atoms with van der Waals surface area (Å²) in [5, 5.41) is 2.86. The highest BCUT2D eigenvalue weighted by atomic mass is 32.2. The predicted octanol–water partition coefficient (Wildman–Crippen LogP) is 0.696. The van der Waals surface area contributed by atoms with E-state index in [2.05, 4.69) is 14.9 Å². The maximum Gasteiger partial charge on any atom is 0.235 e. The smallest absolute Gasteiger partial charge is 0.235 e. The number of rotatable bonds is 6. The minimum atomic E-state index is -3.30. The van der Waals surface area contributed by atoms with Gasteiger partial charge in [-0.2, -0.15) is 0 Å². The van der Waals surface area contributed by atoms with Crippen LogP contribution in [-0.2, 0) is 14.8 Å². The summed E-state index contributed by atoms with van der Waals surface area (Å²) in [6.07, 6.45) is 10.1. The molecule has 0 unspecified atom stereocenters. The van der Waals surface area contributed by atoms with Crippen LogP contribution in [0.1, 0.15) is 44.9 Å². The Labute approximate surface area is 134 Å². The molecule has 1 aliphatic carbocycles. The molecule has 0 aromatic rings. The van der Waals surface area contributed by atoms with Crippen LogP contribution in [-0.4, -0.2) is 57.7 Å². The largest absolute Gasteiger partial charge is 0.355 e. The average Bonchev–Trinajstić information content (AvgIpc) is 2.51. The molecule has 1 saturated carbocycles. The highest BCUT2D eigenvalue weighted by molar-refractivity contribution is 7.88. The standard InChI is InChI=1S/C15H29N3O3S/c1-22(20,21)17-11-15(19)16-10-13-6-5-9-18(12-13)14-7-3-2-4-8-14/h13-14,17H,2-12H2,1H3,(H,16,19)/t13-/m1/s1. The van der Waals surface area contributed by atoms with Crippen molar-refractivity contribution in [3.63, 3.8) is 0 Å². The van der Waals surface area contributed by atoms with Crippen molar-refractivity contribution in [1.82, 2.24) is 14.9 Å². The lowest BCUT2D eigenvalue weighted by Crippen LogP contribution is -2.47. The van der Waals surface area contributed by atoms with E-state index in [1.54, 1.807) is 0 Å². The summed E-state index contributed by atoms with van der Waals surface area (Å²) in [5.74, 6) is 0.234. The van der Waals surface area contributed by atoms with Crippen molar-refractivity contribution in [2.24, 2.45) is 5.92 Å². The number of hydrogen-bond acceptors (Lipinski definition) is 4. The van der Waals surface area contributed by atoms with Crippen LogP contribution in [0.3, 0.4) is 0 Å². The number of piperidine rings is 1. The number of carbonyl (C=O) groups is 1. The Morgan fingerprint density at radius 2 is 1.86 bits per heavy atom. The molecule has 0 bridgehead atoms. The molecule has 7 heteroatoms. The van der Waals surface area contributed by atoms with Crippen LogP contribution in [0.4, 0.5) is 0 Å². The summed E-state index contributed by atoms with van der Waals surface area (Å²) in [6.45, 7) is 2.72. The average molecular weight is 331 g/mol. The van der Waals surface area contributed by atoms with Gasteiger partial charge in [0.05, 0.1) is 12.8 Å². The van der Waals surface area contributed by atoms with Gasteiger partial charge in [0.15, 0.2) is 0 Å². The molecule has 1 heterocycles. The normalized spacial score (nSPS) is 25.0. The third-order valence-electron chi connectivity index (χ3n) is 4.72. The second kappa shape index (κ2) is 8.26. The van der Waals surface area contributed by atoms with Gasteiger partial charge in [-0.15, -0.1) is 0 Å². The van der Waals surface area contributed by atoms with E-state index in [1.807, 2.05) is 0 Å². The van der Waals surface area contributed by atoms with Crippen LogP contribution >= 0.6 is 0 Å². The molecule has 0 radical (unpaired) electrons. The number of hydrogen-bond donors (Lipinski definition) is 2. The first-order valence-electron chi connectivity index (χ1n) is 8.39.